The molecule has 1 aromatic heterocycles. The second kappa shape index (κ2) is 5.65. The van der Waals surface area contributed by atoms with Crippen LogP contribution in [0.15, 0.2) is 36.7 Å². The van der Waals surface area contributed by atoms with Crippen molar-refractivity contribution >= 4 is 5.69 Å². The fraction of sp³-hybridized carbons (Fsp3) is 0.500. The number of hydrogen-bond acceptors (Lipinski definition) is 3. The summed E-state index contributed by atoms with van der Waals surface area (Å²) in [5, 5.41) is 11.8. The van der Waals surface area contributed by atoms with E-state index in [1.165, 1.54) is 19.3 Å². The van der Waals surface area contributed by atoms with Crippen LogP contribution in [0.5, 0.6) is 0 Å². The molecule has 2 aromatic rings. The van der Waals surface area contributed by atoms with Gasteiger partial charge < -0.3 is 5.32 Å². The SMILES string of the molecule is CC1CCCC(C)C1Nc1ccccc1-n1ccnn1. The smallest absolute Gasteiger partial charge is 0.0894 e. The highest BCUT2D eigenvalue weighted by Crippen LogP contribution is 2.32. The molecule has 0 spiro atoms. The number of nitrogens with zero attached hydrogens (tertiary/aromatic N) is 3. The summed E-state index contributed by atoms with van der Waals surface area (Å²) in [6, 6.07) is 8.85. The Hall–Kier alpha value is -1.84. The number of rotatable bonds is 3. The van der Waals surface area contributed by atoms with Crippen LogP contribution >= 0.6 is 0 Å². The lowest BCUT2D eigenvalue weighted by molar-refractivity contribution is 0.268. The summed E-state index contributed by atoms with van der Waals surface area (Å²) in [4.78, 5) is 0. The molecular weight excluding hydrogens is 248 g/mol. The molecule has 0 radical (unpaired) electrons. The lowest BCUT2D eigenvalue weighted by atomic mass is 9.78. The van der Waals surface area contributed by atoms with Crippen molar-refractivity contribution in [2.45, 2.75) is 39.2 Å². The van der Waals surface area contributed by atoms with E-state index in [4.69, 9.17) is 0 Å². The Morgan fingerprint density at radius 2 is 1.90 bits per heavy atom. The summed E-state index contributed by atoms with van der Waals surface area (Å²) < 4.78 is 1.82. The van der Waals surface area contributed by atoms with Gasteiger partial charge in [-0.15, -0.1) is 5.10 Å². The van der Waals surface area contributed by atoms with Gasteiger partial charge in [0.05, 0.1) is 23.8 Å². The van der Waals surface area contributed by atoms with Gasteiger partial charge in [0, 0.05) is 6.04 Å². The molecule has 0 amide bonds. The van der Waals surface area contributed by atoms with E-state index in [1.54, 1.807) is 6.20 Å². The Balaban J connectivity index is 1.87. The monoisotopic (exact) mass is 270 g/mol. The first-order valence-corrected chi connectivity index (χ1v) is 7.48. The third-order valence-electron chi connectivity index (χ3n) is 4.44. The van der Waals surface area contributed by atoms with Gasteiger partial charge in [0.1, 0.15) is 0 Å². The van der Waals surface area contributed by atoms with Gasteiger partial charge in [0.15, 0.2) is 0 Å². The average Bonchev–Trinajstić information content (AvgIpc) is 2.97. The summed E-state index contributed by atoms with van der Waals surface area (Å²) in [6.45, 7) is 4.71. The Bertz CT molecular complexity index is 539. The molecule has 1 N–H and O–H groups in total. The second-order valence-corrected chi connectivity index (χ2v) is 5.92. The van der Waals surface area contributed by atoms with E-state index in [0.717, 1.165) is 11.4 Å². The summed E-state index contributed by atoms with van der Waals surface area (Å²) in [7, 11) is 0. The zero-order chi connectivity index (χ0) is 13.9. The van der Waals surface area contributed by atoms with Gasteiger partial charge in [0.25, 0.3) is 0 Å². The largest absolute Gasteiger partial charge is 0.380 e. The molecule has 0 bridgehead atoms. The number of nitrogens with one attached hydrogen (secondary N) is 1. The van der Waals surface area contributed by atoms with Gasteiger partial charge in [-0.3, -0.25) is 0 Å². The third-order valence-corrected chi connectivity index (χ3v) is 4.44. The van der Waals surface area contributed by atoms with Crippen molar-refractivity contribution < 1.29 is 0 Å². The quantitative estimate of drug-likeness (QED) is 0.928. The molecule has 1 aliphatic carbocycles. The highest BCUT2D eigenvalue weighted by Gasteiger charge is 2.28. The molecule has 1 saturated carbocycles. The van der Waals surface area contributed by atoms with Crippen LogP contribution in [-0.4, -0.2) is 21.0 Å². The molecule has 106 valence electrons. The maximum Gasteiger partial charge on any atom is 0.0894 e. The molecule has 2 atom stereocenters. The fourth-order valence-corrected chi connectivity index (χ4v) is 3.28. The van der Waals surface area contributed by atoms with Gasteiger partial charge in [0.2, 0.25) is 0 Å². The summed E-state index contributed by atoms with van der Waals surface area (Å²) in [5.41, 5.74) is 2.21. The molecule has 3 rings (SSSR count). The molecule has 1 heterocycles. The Kier molecular flexibility index (Phi) is 3.72. The van der Waals surface area contributed by atoms with E-state index in [-0.39, 0.29) is 0 Å². The van der Waals surface area contributed by atoms with Crippen molar-refractivity contribution in [3.63, 3.8) is 0 Å². The predicted octanol–water partition coefficient (Wildman–Crippen LogP) is 3.50. The molecule has 20 heavy (non-hydrogen) atoms. The van der Waals surface area contributed by atoms with E-state index in [1.807, 2.05) is 16.9 Å². The highest BCUT2D eigenvalue weighted by molar-refractivity contribution is 5.61. The molecule has 4 nitrogen and oxygen atoms in total. The van der Waals surface area contributed by atoms with Crippen molar-refractivity contribution in [3.05, 3.63) is 36.7 Å². The van der Waals surface area contributed by atoms with Crippen LogP contribution in [0.1, 0.15) is 33.1 Å². The van der Waals surface area contributed by atoms with Crippen molar-refractivity contribution in [3.8, 4) is 5.69 Å². The van der Waals surface area contributed by atoms with Gasteiger partial charge >= 0.3 is 0 Å². The van der Waals surface area contributed by atoms with E-state index < -0.39 is 0 Å². The number of benzene rings is 1. The molecule has 0 aliphatic heterocycles. The van der Waals surface area contributed by atoms with Gasteiger partial charge in [-0.1, -0.05) is 37.6 Å². The van der Waals surface area contributed by atoms with Crippen LogP contribution in [0.4, 0.5) is 5.69 Å². The summed E-state index contributed by atoms with van der Waals surface area (Å²) in [6.07, 6.45) is 7.57. The molecular formula is C16H22N4. The van der Waals surface area contributed by atoms with E-state index in [9.17, 15) is 0 Å². The number of aromatic nitrogens is 3. The Labute approximate surface area is 120 Å². The second-order valence-electron chi connectivity index (χ2n) is 5.92. The van der Waals surface area contributed by atoms with Crippen LogP contribution in [-0.2, 0) is 0 Å². The van der Waals surface area contributed by atoms with Crippen molar-refractivity contribution in [1.29, 1.82) is 0 Å². The van der Waals surface area contributed by atoms with Crippen LogP contribution in [0.2, 0.25) is 0 Å². The summed E-state index contributed by atoms with van der Waals surface area (Å²) >= 11 is 0. The minimum Gasteiger partial charge on any atom is -0.380 e. The van der Waals surface area contributed by atoms with Crippen LogP contribution in [0.25, 0.3) is 5.69 Å². The maximum atomic E-state index is 4.10. The number of hydrogen-bond donors (Lipinski definition) is 1. The van der Waals surface area contributed by atoms with Crippen LogP contribution < -0.4 is 5.32 Å². The first-order valence-electron chi connectivity index (χ1n) is 7.48. The zero-order valence-corrected chi connectivity index (χ0v) is 12.2. The van der Waals surface area contributed by atoms with Crippen molar-refractivity contribution in [2.24, 2.45) is 11.8 Å². The Morgan fingerprint density at radius 3 is 2.60 bits per heavy atom. The topological polar surface area (TPSA) is 42.7 Å². The number of anilines is 1. The molecule has 1 aromatic carbocycles. The van der Waals surface area contributed by atoms with Crippen LogP contribution in [0, 0.1) is 11.8 Å². The van der Waals surface area contributed by atoms with Crippen LogP contribution in [0.3, 0.4) is 0 Å². The molecule has 2 unspecified atom stereocenters. The Morgan fingerprint density at radius 1 is 1.15 bits per heavy atom. The fourth-order valence-electron chi connectivity index (χ4n) is 3.28. The van der Waals surface area contributed by atoms with E-state index >= 15 is 0 Å². The van der Waals surface area contributed by atoms with Gasteiger partial charge in [-0.05, 0) is 36.8 Å². The zero-order valence-electron chi connectivity index (χ0n) is 12.2. The lowest BCUT2D eigenvalue weighted by Gasteiger charge is -2.36. The maximum absolute atomic E-state index is 4.10. The molecule has 0 saturated heterocycles. The first kappa shape index (κ1) is 13.2. The first-order chi connectivity index (χ1) is 9.75. The van der Waals surface area contributed by atoms with Gasteiger partial charge in [-0.2, -0.15) is 0 Å². The molecule has 1 aliphatic rings. The van der Waals surface area contributed by atoms with Crippen molar-refractivity contribution in [2.75, 3.05) is 5.32 Å². The van der Waals surface area contributed by atoms with Gasteiger partial charge in [-0.25, -0.2) is 4.68 Å². The highest BCUT2D eigenvalue weighted by atomic mass is 15.4. The number of para-hydroxylation sites is 2. The third kappa shape index (κ3) is 2.55. The summed E-state index contributed by atoms with van der Waals surface area (Å²) in [5.74, 6) is 1.42. The lowest BCUT2D eigenvalue weighted by Crippen LogP contribution is -2.37. The van der Waals surface area contributed by atoms with E-state index in [0.29, 0.717) is 17.9 Å². The predicted molar refractivity (Wildman–Crippen MR) is 80.9 cm³/mol. The van der Waals surface area contributed by atoms with E-state index in [2.05, 4.69) is 47.7 Å². The standard InChI is InChI=1S/C16H22N4/c1-12-6-5-7-13(2)16(12)18-14-8-3-4-9-15(14)20-11-10-17-19-20/h3-4,8-13,16,18H,5-7H2,1-2H3. The molecule has 4 heteroatoms. The average molecular weight is 270 g/mol. The van der Waals surface area contributed by atoms with Crippen molar-refractivity contribution in [1.82, 2.24) is 15.0 Å². The minimum atomic E-state index is 0.536. The molecule has 1 fully saturated rings. The normalized spacial score (nSPS) is 26.4. The minimum absolute atomic E-state index is 0.536.